The molecule has 0 spiro atoms. The van der Waals surface area contributed by atoms with Crippen molar-refractivity contribution in [2.75, 3.05) is 25.4 Å². The fraction of sp³-hybridized carbons (Fsp3) is 0.588. The molecule has 0 aromatic heterocycles. The van der Waals surface area contributed by atoms with E-state index in [-0.39, 0.29) is 17.6 Å². The lowest BCUT2D eigenvalue weighted by molar-refractivity contribution is -0.126. The highest BCUT2D eigenvalue weighted by Gasteiger charge is 2.31. The number of aryl methyl sites for hydroxylation is 1. The lowest BCUT2D eigenvalue weighted by Crippen LogP contribution is -2.46. The van der Waals surface area contributed by atoms with Gasteiger partial charge in [-0.25, -0.2) is 12.7 Å². The summed E-state index contributed by atoms with van der Waals surface area (Å²) in [6.07, 6.45) is 3.20. The predicted octanol–water partition coefficient (Wildman–Crippen LogP) is 2.45. The Labute approximate surface area is 149 Å². The molecule has 1 amide bonds. The van der Waals surface area contributed by atoms with Crippen LogP contribution in [-0.4, -0.2) is 44.0 Å². The van der Waals surface area contributed by atoms with Crippen LogP contribution in [0.2, 0.25) is 5.02 Å². The number of carbonyl (C=O) groups is 1. The fourth-order valence-electron chi connectivity index (χ4n) is 2.89. The molecular weight excluding hydrogens is 348 g/mol. The second-order valence-electron chi connectivity index (χ2n) is 6.12. The van der Waals surface area contributed by atoms with Crippen LogP contribution in [0.1, 0.15) is 31.7 Å². The lowest BCUT2D eigenvalue weighted by Gasteiger charge is -2.30. The van der Waals surface area contributed by atoms with E-state index >= 15 is 0 Å². The summed E-state index contributed by atoms with van der Waals surface area (Å²) in [6, 6.07) is 7.69. The van der Waals surface area contributed by atoms with Gasteiger partial charge >= 0.3 is 0 Å². The van der Waals surface area contributed by atoms with Crippen LogP contribution < -0.4 is 5.32 Å². The van der Waals surface area contributed by atoms with Gasteiger partial charge in [0.2, 0.25) is 15.9 Å². The van der Waals surface area contributed by atoms with Crippen LogP contribution >= 0.6 is 11.6 Å². The topological polar surface area (TPSA) is 66.5 Å². The van der Waals surface area contributed by atoms with Crippen LogP contribution in [-0.2, 0) is 21.2 Å². The summed E-state index contributed by atoms with van der Waals surface area (Å²) < 4.78 is 25.3. The maximum absolute atomic E-state index is 12.3. The second kappa shape index (κ2) is 8.83. The standard InChI is InChI=1S/C17H25ClN2O3S/c1-2-24(22,23)20-12-4-6-15(13-20)17(21)19-11-3-5-14-7-9-16(18)10-8-14/h7-10,15H,2-6,11-13H2,1H3,(H,19,21)/t15-/m0/s1. The minimum absolute atomic E-state index is 0.0397. The Balaban J connectivity index is 1.75. The number of amides is 1. The molecule has 1 fully saturated rings. The minimum Gasteiger partial charge on any atom is -0.356 e. The summed E-state index contributed by atoms with van der Waals surface area (Å²) in [5.41, 5.74) is 1.19. The summed E-state index contributed by atoms with van der Waals surface area (Å²) in [5.74, 6) is -0.194. The third-order valence-corrected chi connectivity index (χ3v) is 6.47. The highest BCUT2D eigenvalue weighted by molar-refractivity contribution is 7.89. The SMILES string of the molecule is CCS(=O)(=O)N1CCC[C@H](C(=O)NCCCc2ccc(Cl)cc2)C1. The zero-order chi connectivity index (χ0) is 17.6. The number of hydrogen-bond donors (Lipinski definition) is 1. The van der Waals surface area contributed by atoms with Crippen LogP contribution in [0.15, 0.2) is 24.3 Å². The van der Waals surface area contributed by atoms with Crippen molar-refractivity contribution in [1.82, 2.24) is 9.62 Å². The monoisotopic (exact) mass is 372 g/mol. The Morgan fingerprint density at radius 1 is 1.33 bits per heavy atom. The number of rotatable bonds is 7. The molecule has 1 atom stereocenters. The zero-order valence-electron chi connectivity index (χ0n) is 14.0. The number of piperidine rings is 1. The van der Waals surface area contributed by atoms with E-state index < -0.39 is 10.0 Å². The molecule has 0 unspecified atom stereocenters. The van der Waals surface area contributed by atoms with Crippen molar-refractivity contribution in [1.29, 1.82) is 0 Å². The highest BCUT2D eigenvalue weighted by atomic mass is 35.5. The molecule has 1 heterocycles. The van der Waals surface area contributed by atoms with Crippen molar-refractivity contribution in [3.8, 4) is 0 Å². The fourth-order valence-corrected chi connectivity index (χ4v) is 4.20. The minimum atomic E-state index is -3.21. The molecule has 1 saturated heterocycles. The normalized spacial score (nSPS) is 19.2. The molecule has 1 N–H and O–H groups in total. The van der Waals surface area contributed by atoms with Gasteiger partial charge in [-0.05, 0) is 50.3 Å². The van der Waals surface area contributed by atoms with Crippen molar-refractivity contribution >= 4 is 27.5 Å². The Bertz CT molecular complexity index is 646. The summed E-state index contributed by atoms with van der Waals surface area (Å²) >= 11 is 5.85. The largest absolute Gasteiger partial charge is 0.356 e. The summed E-state index contributed by atoms with van der Waals surface area (Å²) in [6.45, 7) is 3.06. The van der Waals surface area contributed by atoms with Gasteiger partial charge in [-0.3, -0.25) is 4.79 Å². The Morgan fingerprint density at radius 3 is 2.71 bits per heavy atom. The van der Waals surface area contributed by atoms with E-state index in [1.165, 1.54) is 9.87 Å². The summed E-state index contributed by atoms with van der Waals surface area (Å²) in [7, 11) is -3.21. The van der Waals surface area contributed by atoms with Gasteiger partial charge in [0, 0.05) is 24.7 Å². The molecule has 24 heavy (non-hydrogen) atoms. The molecule has 0 saturated carbocycles. The number of sulfonamides is 1. The summed E-state index contributed by atoms with van der Waals surface area (Å²) in [5, 5.41) is 3.66. The van der Waals surface area contributed by atoms with E-state index in [1.54, 1.807) is 6.92 Å². The van der Waals surface area contributed by atoms with Gasteiger partial charge in [-0.2, -0.15) is 0 Å². The highest BCUT2D eigenvalue weighted by Crippen LogP contribution is 2.19. The van der Waals surface area contributed by atoms with Crippen molar-refractivity contribution in [3.05, 3.63) is 34.9 Å². The van der Waals surface area contributed by atoms with Crippen LogP contribution in [0.5, 0.6) is 0 Å². The molecule has 0 radical (unpaired) electrons. The molecule has 7 heteroatoms. The number of halogens is 1. The molecule has 0 aliphatic carbocycles. The Hall–Kier alpha value is -1.11. The molecular formula is C17H25ClN2O3S. The number of benzene rings is 1. The maximum Gasteiger partial charge on any atom is 0.224 e. The smallest absolute Gasteiger partial charge is 0.224 e. The van der Waals surface area contributed by atoms with Crippen molar-refractivity contribution in [2.45, 2.75) is 32.6 Å². The maximum atomic E-state index is 12.3. The first-order valence-electron chi connectivity index (χ1n) is 8.42. The van der Waals surface area contributed by atoms with Crippen molar-refractivity contribution in [2.24, 2.45) is 5.92 Å². The van der Waals surface area contributed by atoms with Gasteiger partial charge < -0.3 is 5.32 Å². The van der Waals surface area contributed by atoms with Crippen molar-refractivity contribution in [3.63, 3.8) is 0 Å². The molecule has 134 valence electrons. The predicted molar refractivity (Wildman–Crippen MR) is 96.5 cm³/mol. The van der Waals surface area contributed by atoms with Crippen LogP contribution in [0.25, 0.3) is 0 Å². The zero-order valence-corrected chi connectivity index (χ0v) is 15.6. The van der Waals surface area contributed by atoms with Crippen LogP contribution in [0.3, 0.4) is 0 Å². The van der Waals surface area contributed by atoms with Crippen LogP contribution in [0, 0.1) is 5.92 Å². The molecule has 2 rings (SSSR count). The Kier molecular flexibility index (Phi) is 7.07. The van der Waals surface area contributed by atoms with Gasteiger partial charge in [0.1, 0.15) is 0 Å². The first-order chi connectivity index (χ1) is 11.4. The number of nitrogens with one attached hydrogen (secondary N) is 1. The van der Waals surface area contributed by atoms with Gasteiger partial charge in [-0.15, -0.1) is 0 Å². The molecule has 1 aromatic carbocycles. The van der Waals surface area contributed by atoms with Gasteiger partial charge in [0.25, 0.3) is 0 Å². The van der Waals surface area contributed by atoms with E-state index in [4.69, 9.17) is 11.6 Å². The van der Waals surface area contributed by atoms with Crippen molar-refractivity contribution < 1.29 is 13.2 Å². The molecule has 1 aromatic rings. The van der Waals surface area contributed by atoms with Crippen LogP contribution in [0.4, 0.5) is 0 Å². The third-order valence-electron chi connectivity index (χ3n) is 4.37. The molecule has 1 aliphatic rings. The molecule has 0 bridgehead atoms. The van der Waals surface area contributed by atoms with Gasteiger partial charge in [0.15, 0.2) is 0 Å². The van der Waals surface area contributed by atoms with E-state index in [0.29, 0.717) is 19.6 Å². The number of hydrogen-bond acceptors (Lipinski definition) is 3. The average Bonchev–Trinajstić information content (AvgIpc) is 2.60. The second-order valence-corrected chi connectivity index (χ2v) is 8.81. The summed E-state index contributed by atoms with van der Waals surface area (Å²) in [4.78, 5) is 12.3. The lowest BCUT2D eigenvalue weighted by atomic mass is 9.99. The van der Waals surface area contributed by atoms with Gasteiger partial charge in [-0.1, -0.05) is 23.7 Å². The van der Waals surface area contributed by atoms with E-state index in [1.807, 2.05) is 24.3 Å². The van der Waals surface area contributed by atoms with E-state index in [2.05, 4.69) is 5.32 Å². The first-order valence-corrected chi connectivity index (χ1v) is 10.4. The van der Waals surface area contributed by atoms with E-state index in [0.717, 1.165) is 30.7 Å². The van der Waals surface area contributed by atoms with Gasteiger partial charge in [0.05, 0.1) is 11.7 Å². The molecule has 5 nitrogen and oxygen atoms in total. The third kappa shape index (κ3) is 5.46. The average molecular weight is 373 g/mol. The quantitative estimate of drug-likeness (QED) is 0.747. The number of nitrogens with zero attached hydrogens (tertiary/aromatic N) is 1. The van der Waals surface area contributed by atoms with E-state index in [9.17, 15) is 13.2 Å². The first kappa shape index (κ1) is 19.2. The Morgan fingerprint density at radius 2 is 2.04 bits per heavy atom. The molecule has 1 aliphatic heterocycles. The number of carbonyl (C=O) groups excluding carboxylic acids is 1.